The number of amides is 1. The summed E-state index contributed by atoms with van der Waals surface area (Å²) in [6.45, 7) is 7.33. The zero-order valence-corrected chi connectivity index (χ0v) is 11.4. The molecule has 0 aromatic carbocycles. The van der Waals surface area contributed by atoms with E-state index in [1.54, 1.807) is 0 Å². The molecule has 17 heavy (non-hydrogen) atoms. The molecule has 0 aliphatic heterocycles. The van der Waals surface area contributed by atoms with Crippen LogP contribution in [0.15, 0.2) is 6.07 Å². The summed E-state index contributed by atoms with van der Waals surface area (Å²) in [5.41, 5.74) is 2.19. The molecule has 0 saturated heterocycles. The lowest BCUT2D eigenvalue weighted by Crippen LogP contribution is -2.31. The summed E-state index contributed by atoms with van der Waals surface area (Å²) in [6.07, 6.45) is 0.878. The first-order valence-corrected chi connectivity index (χ1v) is 6.42. The maximum Gasteiger partial charge on any atom is 0.224 e. The van der Waals surface area contributed by atoms with Crippen LogP contribution < -0.4 is 5.32 Å². The fourth-order valence-corrected chi connectivity index (χ4v) is 1.73. The number of aromatic nitrogens is 2. The van der Waals surface area contributed by atoms with Gasteiger partial charge in [-0.25, -0.2) is 0 Å². The number of halogens is 1. The third-order valence-electron chi connectivity index (χ3n) is 2.63. The number of rotatable bonds is 6. The van der Waals surface area contributed by atoms with Crippen molar-refractivity contribution in [2.45, 2.75) is 33.7 Å². The number of nitrogens with one attached hydrogen (secondary N) is 1. The average Bonchev–Trinajstić information content (AvgIpc) is 2.62. The predicted octanol–water partition coefficient (Wildman–Crippen LogP) is 1.88. The lowest BCUT2D eigenvalue weighted by Gasteiger charge is -2.09. The molecule has 0 aliphatic rings. The number of hydrogen-bond donors (Lipinski definition) is 1. The van der Waals surface area contributed by atoms with Crippen molar-refractivity contribution in [3.05, 3.63) is 17.5 Å². The maximum absolute atomic E-state index is 11.4. The van der Waals surface area contributed by atoms with Gasteiger partial charge in [0.2, 0.25) is 5.91 Å². The molecule has 0 bridgehead atoms. The molecule has 5 heteroatoms. The zero-order valence-electron chi connectivity index (χ0n) is 10.7. The van der Waals surface area contributed by atoms with E-state index in [1.165, 1.54) is 0 Å². The molecule has 1 aromatic heterocycles. The molecule has 96 valence electrons. The summed E-state index contributed by atoms with van der Waals surface area (Å²) >= 11 is 5.60. The van der Waals surface area contributed by atoms with Crippen molar-refractivity contribution in [1.82, 2.24) is 15.1 Å². The Bertz CT molecular complexity index is 376. The summed E-state index contributed by atoms with van der Waals surface area (Å²) < 4.78 is 1.96. The quantitative estimate of drug-likeness (QED) is 0.625. The van der Waals surface area contributed by atoms with E-state index in [2.05, 4.69) is 10.4 Å². The van der Waals surface area contributed by atoms with Crippen molar-refractivity contribution in [2.75, 3.05) is 12.4 Å². The van der Waals surface area contributed by atoms with Crippen LogP contribution in [0.5, 0.6) is 0 Å². The lowest BCUT2D eigenvalue weighted by molar-refractivity contribution is -0.123. The third-order valence-corrected chi connectivity index (χ3v) is 3.09. The van der Waals surface area contributed by atoms with Crippen LogP contribution in [0.3, 0.4) is 0 Å². The van der Waals surface area contributed by atoms with Crippen LogP contribution in [0.4, 0.5) is 0 Å². The minimum atomic E-state index is -0.120. The first-order valence-electron chi connectivity index (χ1n) is 5.89. The summed E-state index contributed by atoms with van der Waals surface area (Å²) in [5, 5.41) is 7.23. The van der Waals surface area contributed by atoms with Crippen molar-refractivity contribution in [2.24, 2.45) is 5.92 Å². The van der Waals surface area contributed by atoms with Gasteiger partial charge in [0.1, 0.15) is 0 Å². The van der Waals surface area contributed by atoms with Crippen LogP contribution in [0.2, 0.25) is 0 Å². The van der Waals surface area contributed by atoms with Crippen molar-refractivity contribution in [3.8, 4) is 0 Å². The predicted molar refractivity (Wildman–Crippen MR) is 69.2 cm³/mol. The van der Waals surface area contributed by atoms with E-state index in [1.807, 2.05) is 31.5 Å². The number of alkyl halides is 1. The molecule has 1 atom stereocenters. The fourth-order valence-electron chi connectivity index (χ4n) is 1.59. The van der Waals surface area contributed by atoms with E-state index in [4.69, 9.17) is 11.6 Å². The van der Waals surface area contributed by atoms with Gasteiger partial charge in [-0.3, -0.25) is 9.48 Å². The Morgan fingerprint density at radius 1 is 1.59 bits per heavy atom. The molecular formula is C12H20ClN3O. The van der Waals surface area contributed by atoms with Gasteiger partial charge in [-0.05, 0) is 26.3 Å². The van der Waals surface area contributed by atoms with Crippen molar-refractivity contribution < 1.29 is 4.79 Å². The van der Waals surface area contributed by atoms with Crippen molar-refractivity contribution in [3.63, 3.8) is 0 Å². The van der Waals surface area contributed by atoms with Gasteiger partial charge >= 0.3 is 0 Å². The molecule has 1 aromatic rings. The van der Waals surface area contributed by atoms with Gasteiger partial charge < -0.3 is 5.32 Å². The van der Waals surface area contributed by atoms with Gasteiger partial charge in [-0.2, -0.15) is 5.10 Å². The second kappa shape index (κ2) is 6.64. The fraction of sp³-hybridized carbons (Fsp3) is 0.667. The van der Waals surface area contributed by atoms with Gasteiger partial charge in [0.15, 0.2) is 0 Å². The highest BCUT2D eigenvalue weighted by molar-refractivity contribution is 6.19. The van der Waals surface area contributed by atoms with E-state index < -0.39 is 0 Å². The van der Waals surface area contributed by atoms with Crippen molar-refractivity contribution in [1.29, 1.82) is 0 Å². The normalized spacial score (nSPS) is 12.5. The molecule has 0 radical (unpaired) electrons. The molecular weight excluding hydrogens is 238 g/mol. The second-order valence-electron chi connectivity index (χ2n) is 4.35. The minimum Gasteiger partial charge on any atom is -0.356 e. The van der Waals surface area contributed by atoms with E-state index in [9.17, 15) is 4.79 Å². The van der Waals surface area contributed by atoms with Crippen LogP contribution in [0.1, 0.15) is 24.7 Å². The SMILES string of the molecule is Cc1cc(C)n(CCCNC(=O)C(C)CCl)n1. The van der Waals surface area contributed by atoms with Gasteiger partial charge in [-0.1, -0.05) is 6.92 Å². The molecule has 0 aliphatic carbocycles. The first kappa shape index (κ1) is 14.0. The lowest BCUT2D eigenvalue weighted by atomic mass is 10.2. The van der Waals surface area contributed by atoms with Crippen LogP contribution >= 0.6 is 11.6 Å². The van der Waals surface area contributed by atoms with Crippen LogP contribution in [0.25, 0.3) is 0 Å². The van der Waals surface area contributed by atoms with E-state index in [0.29, 0.717) is 12.4 Å². The molecule has 4 nitrogen and oxygen atoms in total. The highest BCUT2D eigenvalue weighted by Gasteiger charge is 2.10. The van der Waals surface area contributed by atoms with Crippen LogP contribution in [-0.4, -0.2) is 28.1 Å². The molecule has 1 unspecified atom stereocenters. The van der Waals surface area contributed by atoms with Crippen LogP contribution in [0, 0.1) is 19.8 Å². The number of hydrogen-bond acceptors (Lipinski definition) is 2. The zero-order chi connectivity index (χ0) is 12.8. The Morgan fingerprint density at radius 3 is 2.82 bits per heavy atom. The standard InChI is InChI=1S/C12H20ClN3O/c1-9(8-13)12(17)14-5-4-6-16-11(3)7-10(2)15-16/h7,9H,4-6,8H2,1-3H3,(H,14,17). The molecule has 1 amide bonds. The minimum absolute atomic E-state index is 0.0216. The number of nitrogens with zero attached hydrogens (tertiary/aromatic N) is 2. The molecule has 1 rings (SSSR count). The van der Waals surface area contributed by atoms with Gasteiger partial charge in [-0.15, -0.1) is 11.6 Å². The Kier molecular flexibility index (Phi) is 5.48. The van der Waals surface area contributed by atoms with Gasteiger partial charge in [0.05, 0.1) is 5.69 Å². The Labute approximate surface area is 107 Å². The summed E-state index contributed by atoms with van der Waals surface area (Å²) in [6, 6.07) is 2.05. The van der Waals surface area contributed by atoms with Crippen molar-refractivity contribution >= 4 is 17.5 Å². The van der Waals surface area contributed by atoms with E-state index >= 15 is 0 Å². The number of carbonyl (C=O) groups excluding carboxylic acids is 1. The third kappa shape index (κ3) is 4.38. The highest BCUT2D eigenvalue weighted by Crippen LogP contribution is 2.02. The summed E-state index contributed by atoms with van der Waals surface area (Å²) in [7, 11) is 0. The Balaban J connectivity index is 2.25. The van der Waals surface area contributed by atoms with Crippen LogP contribution in [-0.2, 0) is 11.3 Å². The molecule has 0 fully saturated rings. The molecule has 0 spiro atoms. The van der Waals surface area contributed by atoms with E-state index in [-0.39, 0.29) is 11.8 Å². The molecule has 1 heterocycles. The number of carbonyl (C=O) groups is 1. The Hall–Kier alpha value is -1.03. The largest absolute Gasteiger partial charge is 0.356 e. The Morgan fingerprint density at radius 2 is 2.29 bits per heavy atom. The summed E-state index contributed by atoms with van der Waals surface area (Å²) in [5.74, 6) is 0.266. The smallest absolute Gasteiger partial charge is 0.224 e. The second-order valence-corrected chi connectivity index (χ2v) is 4.66. The molecule has 1 N–H and O–H groups in total. The monoisotopic (exact) mass is 257 g/mol. The van der Waals surface area contributed by atoms with E-state index in [0.717, 1.165) is 24.4 Å². The number of aryl methyl sites for hydroxylation is 3. The van der Waals surface area contributed by atoms with Gasteiger partial charge in [0.25, 0.3) is 0 Å². The summed E-state index contributed by atoms with van der Waals surface area (Å²) in [4.78, 5) is 11.4. The van der Waals surface area contributed by atoms with Gasteiger partial charge in [0, 0.05) is 30.6 Å². The molecule has 0 saturated carbocycles. The average molecular weight is 258 g/mol. The maximum atomic E-state index is 11.4. The first-order chi connectivity index (χ1) is 8.04. The topological polar surface area (TPSA) is 46.9 Å². The highest BCUT2D eigenvalue weighted by atomic mass is 35.5.